The molecular formula is C7H9N2O2Y-. The Kier molecular flexibility index (Phi) is 4.64. The van der Waals surface area contributed by atoms with Gasteiger partial charge in [0, 0.05) is 32.7 Å². The van der Waals surface area contributed by atoms with E-state index in [0.717, 1.165) is 11.4 Å². The Labute approximate surface area is 95.8 Å². The standard InChI is InChI=1S/C7H9N2O2.Y/c1-5-3-6(2)9(8-5)4-7(10)11;/h4H2,1-2H3,(H,10,11);/q-1;. The zero-order chi connectivity index (χ0) is 8.43. The van der Waals surface area contributed by atoms with Gasteiger partial charge in [-0.25, -0.2) is 5.10 Å². The minimum Gasteiger partial charge on any atom is -0.480 e. The predicted octanol–water partition coefficient (Wildman–Crippen LogP) is 0.382. The first kappa shape index (κ1) is 11.8. The van der Waals surface area contributed by atoms with Crippen molar-refractivity contribution in [2.24, 2.45) is 0 Å². The van der Waals surface area contributed by atoms with Gasteiger partial charge in [0.1, 0.15) is 6.54 Å². The van der Waals surface area contributed by atoms with Gasteiger partial charge in [-0.3, -0.25) is 9.48 Å². The molecule has 12 heavy (non-hydrogen) atoms. The van der Waals surface area contributed by atoms with Crippen LogP contribution in [-0.2, 0) is 44.0 Å². The van der Waals surface area contributed by atoms with Gasteiger partial charge in [-0.1, -0.05) is 13.8 Å². The number of carboxylic acids is 1. The number of aryl methyl sites for hydroxylation is 2. The van der Waals surface area contributed by atoms with Crippen molar-refractivity contribution in [3.8, 4) is 0 Å². The van der Waals surface area contributed by atoms with E-state index < -0.39 is 5.97 Å². The summed E-state index contributed by atoms with van der Waals surface area (Å²) in [6, 6.07) is 2.90. The first-order valence-corrected chi connectivity index (χ1v) is 3.24. The molecule has 0 aromatic carbocycles. The van der Waals surface area contributed by atoms with Crippen molar-refractivity contribution in [1.82, 2.24) is 9.78 Å². The summed E-state index contributed by atoms with van der Waals surface area (Å²) >= 11 is 0. The van der Waals surface area contributed by atoms with Gasteiger partial charge in [0.05, 0.1) is 0 Å². The van der Waals surface area contributed by atoms with Crippen molar-refractivity contribution in [1.29, 1.82) is 0 Å². The molecule has 0 unspecified atom stereocenters. The van der Waals surface area contributed by atoms with E-state index in [4.69, 9.17) is 5.11 Å². The minimum absolute atomic E-state index is 0. The number of nitrogens with zero attached hydrogens (tertiary/aromatic N) is 2. The van der Waals surface area contributed by atoms with E-state index in [2.05, 4.69) is 11.2 Å². The average Bonchev–Trinajstić information content (AvgIpc) is 2.09. The molecule has 5 heteroatoms. The van der Waals surface area contributed by atoms with Crippen LogP contribution in [0.3, 0.4) is 0 Å². The minimum atomic E-state index is -0.885. The maximum atomic E-state index is 10.3. The van der Waals surface area contributed by atoms with E-state index in [-0.39, 0.29) is 39.3 Å². The van der Waals surface area contributed by atoms with E-state index >= 15 is 0 Å². The second kappa shape index (κ2) is 4.72. The monoisotopic (exact) mass is 242 g/mol. The molecule has 1 rings (SSSR count). The van der Waals surface area contributed by atoms with Gasteiger partial charge in [-0.05, 0) is 0 Å². The van der Waals surface area contributed by atoms with Gasteiger partial charge in [-0.2, -0.15) is 0 Å². The molecule has 0 spiro atoms. The average molecular weight is 242 g/mol. The van der Waals surface area contributed by atoms with Crippen LogP contribution in [0.4, 0.5) is 0 Å². The Morgan fingerprint density at radius 2 is 2.25 bits per heavy atom. The van der Waals surface area contributed by atoms with Gasteiger partial charge < -0.3 is 11.2 Å². The Morgan fingerprint density at radius 1 is 1.67 bits per heavy atom. The van der Waals surface area contributed by atoms with E-state index in [9.17, 15) is 4.79 Å². The molecule has 4 nitrogen and oxygen atoms in total. The fourth-order valence-corrected chi connectivity index (χ4v) is 0.889. The Morgan fingerprint density at radius 3 is 2.58 bits per heavy atom. The quantitative estimate of drug-likeness (QED) is 0.763. The van der Waals surface area contributed by atoms with Crippen LogP contribution in [-0.4, -0.2) is 20.9 Å². The number of aromatic nitrogens is 2. The zero-order valence-corrected chi connectivity index (χ0v) is 9.87. The third kappa shape index (κ3) is 3.03. The van der Waals surface area contributed by atoms with E-state index in [1.54, 1.807) is 13.8 Å². The van der Waals surface area contributed by atoms with Gasteiger partial charge in [0.25, 0.3) is 0 Å². The number of hydrogen-bond acceptors (Lipinski definition) is 2. The van der Waals surface area contributed by atoms with Crippen LogP contribution >= 0.6 is 0 Å². The van der Waals surface area contributed by atoms with Crippen LogP contribution in [0.25, 0.3) is 0 Å². The second-order valence-corrected chi connectivity index (χ2v) is 2.35. The topological polar surface area (TPSA) is 55.1 Å². The molecule has 1 aromatic rings. The van der Waals surface area contributed by atoms with Crippen LogP contribution in [0.5, 0.6) is 0 Å². The van der Waals surface area contributed by atoms with Crippen LogP contribution in [0.15, 0.2) is 0 Å². The van der Waals surface area contributed by atoms with Crippen LogP contribution < -0.4 is 0 Å². The van der Waals surface area contributed by atoms with Crippen LogP contribution in [0.1, 0.15) is 11.4 Å². The van der Waals surface area contributed by atoms with Crippen LogP contribution in [0, 0.1) is 19.9 Å². The molecule has 0 amide bonds. The van der Waals surface area contributed by atoms with Crippen molar-refractivity contribution in [3.05, 3.63) is 17.5 Å². The second-order valence-electron chi connectivity index (χ2n) is 2.35. The molecule has 63 valence electrons. The smallest absolute Gasteiger partial charge is 0.325 e. The first-order valence-electron chi connectivity index (χ1n) is 3.24. The first-order chi connectivity index (χ1) is 5.09. The van der Waals surface area contributed by atoms with Crippen LogP contribution in [0.2, 0.25) is 0 Å². The summed E-state index contributed by atoms with van der Waals surface area (Å²) in [7, 11) is 0. The molecule has 0 aliphatic rings. The third-order valence-electron chi connectivity index (χ3n) is 1.30. The summed E-state index contributed by atoms with van der Waals surface area (Å²) in [5.41, 5.74) is 1.48. The summed E-state index contributed by atoms with van der Waals surface area (Å²) in [5.74, 6) is -0.885. The van der Waals surface area contributed by atoms with Gasteiger partial charge in [0.2, 0.25) is 0 Å². The molecule has 0 aliphatic carbocycles. The number of carbonyl (C=O) groups is 1. The van der Waals surface area contributed by atoms with Crippen molar-refractivity contribution >= 4 is 5.97 Å². The molecule has 1 heterocycles. The predicted molar refractivity (Wildman–Crippen MR) is 38.2 cm³/mol. The third-order valence-corrected chi connectivity index (χ3v) is 1.30. The Balaban J connectivity index is 0.00000121. The van der Waals surface area contributed by atoms with Gasteiger partial charge in [0.15, 0.2) is 0 Å². The molecule has 1 aromatic heterocycles. The number of hydrogen-bond donors (Lipinski definition) is 1. The Bertz CT molecular complexity index is 283. The fourth-order valence-electron chi connectivity index (χ4n) is 0.889. The SMILES string of the molecule is Cc1[c-]c(C)n(CC(=O)O)n1.[Y]. The molecule has 0 saturated heterocycles. The summed E-state index contributed by atoms with van der Waals surface area (Å²) in [6.45, 7) is 3.48. The van der Waals surface area contributed by atoms with E-state index in [1.165, 1.54) is 4.68 Å². The van der Waals surface area contributed by atoms with E-state index in [1.807, 2.05) is 0 Å². The Hall–Kier alpha value is -0.216. The molecular weight excluding hydrogens is 233 g/mol. The molecule has 1 N–H and O–H groups in total. The number of carboxylic acid groups (broad SMARTS) is 1. The summed E-state index contributed by atoms with van der Waals surface area (Å²) in [5, 5.41) is 12.4. The molecule has 0 bridgehead atoms. The number of rotatable bonds is 2. The number of aliphatic carboxylic acids is 1. The van der Waals surface area contributed by atoms with E-state index in [0.29, 0.717) is 0 Å². The molecule has 0 aliphatic heterocycles. The van der Waals surface area contributed by atoms with Gasteiger partial charge in [-0.15, -0.1) is 11.4 Å². The molecule has 1 radical (unpaired) electrons. The van der Waals surface area contributed by atoms with Crippen molar-refractivity contribution in [2.75, 3.05) is 0 Å². The summed E-state index contributed by atoms with van der Waals surface area (Å²) in [6.07, 6.45) is 0. The normalized spacial score (nSPS) is 9.17. The zero-order valence-electron chi connectivity index (χ0n) is 7.03. The summed E-state index contributed by atoms with van der Waals surface area (Å²) in [4.78, 5) is 10.3. The maximum Gasteiger partial charge on any atom is 0.325 e. The van der Waals surface area contributed by atoms with Crippen molar-refractivity contribution < 1.29 is 42.6 Å². The maximum absolute atomic E-state index is 10.3. The van der Waals surface area contributed by atoms with Crippen molar-refractivity contribution in [3.63, 3.8) is 0 Å². The van der Waals surface area contributed by atoms with Gasteiger partial charge >= 0.3 is 5.97 Å². The molecule has 0 fully saturated rings. The van der Waals surface area contributed by atoms with Crippen molar-refractivity contribution in [2.45, 2.75) is 20.4 Å². The largest absolute Gasteiger partial charge is 0.480 e. The molecule has 0 saturated carbocycles. The fraction of sp³-hybridized carbons (Fsp3) is 0.429. The molecule has 0 atom stereocenters. The summed E-state index contributed by atoms with van der Waals surface area (Å²) < 4.78 is 1.41.